The maximum Gasteiger partial charge on any atom is 0.338 e. The average molecular weight is 277 g/mol. The van der Waals surface area contributed by atoms with Gasteiger partial charge < -0.3 is 16.2 Å². The van der Waals surface area contributed by atoms with Gasteiger partial charge in [0.2, 0.25) is 0 Å². The van der Waals surface area contributed by atoms with E-state index >= 15 is 0 Å². The van der Waals surface area contributed by atoms with E-state index in [1.165, 1.54) is 12.1 Å². The van der Waals surface area contributed by atoms with E-state index in [1.807, 2.05) is 12.1 Å². The second kappa shape index (κ2) is 5.63. The molecule has 0 saturated carbocycles. The number of anilines is 2. The van der Waals surface area contributed by atoms with Gasteiger partial charge in [-0.05, 0) is 24.3 Å². The van der Waals surface area contributed by atoms with Crippen molar-refractivity contribution in [2.45, 2.75) is 6.61 Å². The number of carbonyl (C=O) groups is 1. The fraction of sp³-hybridized carbons (Fsp3) is 0.0714. The second-order valence-electron chi connectivity index (χ2n) is 4.06. The highest BCUT2D eigenvalue weighted by atomic mass is 35.5. The van der Waals surface area contributed by atoms with Gasteiger partial charge in [-0.2, -0.15) is 0 Å². The Balaban J connectivity index is 2.08. The van der Waals surface area contributed by atoms with Crippen LogP contribution in [0.4, 0.5) is 11.4 Å². The Morgan fingerprint density at radius 1 is 1.11 bits per heavy atom. The number of ether oxygens (including phenoxy) is 1. The number of hydrogen-bond donors (Lipinski definition) is 2. The molecule has 0 aliphatic carbocycles. The van der Waals surface area contributed by atoms with E-state index in [4.69, 9.17) is 27.8 Å². The fourth-order valence-corrected chi connectivity index (χ4v) is 1.83. The molecule has 4 N–H and O–H groups in total. The van der Waals surface area contributed by atoms with Crippen molar-refractivity contribution in [3.63, 3.8) is 0 Å². The second-order valence-corrected chi connectivity index (χ2v) is 4.46. The van der Waals surface area contributed by atoms with Gasteiger partial charge in [-0.3, -0.25) is 0 Å². The van der Waals surface area contributed by atoms with Crippen molar-refractivity contribution in [3.8, 4) is 0 Å². The lowest BCUT2D eigenvalue weighted by molar-refractivity contribution is 0.0473. The topological polar surface area (TPSA) is 78.3 Å². The Labute approximate surface area is 115 Å². The summed E-state index contributed by atoms with van der Waals surface area (Å²) in [6.45, 7) is 0.104. The predicted molar refractivity (Wildman–Crippen MR) is 75.8 cm³/mol. The van der Waals surface area contributed by atoms with Crippen LogP contribution in [0, 0.1) is 0 Å². The molecule has 0 amide bonds. The molecule has 0 fully saturated rings. The predicted octanol–water partition coefficient (Wildman–Crippen LogP) is 2.86. The van der Waals surface area contributed by atoms with Crippen LogP contribution in [0.25, 0.3) is 0 Å². The molecule has 2 aromatic rings. The zero-order chi connectivity index (χ0) is 13.8. The van der Waals surface area contributed by atoms with Crippen LogP contribution in [0.1, 0.15) is 15.9 Å². The van der Waals surface area contributed by atoms with E-state index in [0.29, 0.717) is 22.0 Å². The van der Waals surface area contributed by atoms with Crippen LogP contribution in [0.3, 0.4) is 0 Å². The molecule has 2 aromatic carbocycles. The van der Waals surface area contributed by atoms with Crippen LogP contribution < -0.4 is 11.5 Å². The van der Waals surface area contributed by atoms with Crippen LogP contribution >= 0.6 is 11.6 Å². The number of carbonyl (C=O) groups excluding carboxylic acids is 1. The highest BCUT2D eigenvalue weighted by Gasteiger charge is 2.10. The number of rotatable bonds is 3. The molecule has 5 heteroatoms. The van der Waals surface area contributed by atoms with E-state index in [-0.39, 0.29) is 6.61 Å². The Hall–Kier alpha value is -2.20. The minimum atomic E-state index is -0.487. The summed E-state index contributed by atoms with van der Waals surface area (Å²) in [6.07, 6.45) is 0. The van der Waals surface area contributed by atoms with E-state index in [1.54, 1.807) is 18.2 Å². The van der Waals surface area contributed by atoms with E-state index in [2.05, 4.69) is 0 Å². The zero-order valence-corrected chi connectivity index (χ0v) is 10.9. The molecule has 0 unspecified atom stereocenters. The molecule has 0 radical (unpaired) electrons. The minimum absolute atomic E-state index is 0.104. The Morgan fingerprint density at radius 3 is 2.37 bits per heavy atom. The van der Waals surface area contributed by atoms with Crippen molar-refractivity contribution in [2.24, 2.45) is 0 Å². The zero-order valence-electron chi connectivity index (χ0n) is 10.1. The van der Waals surface area contributed by atoms with Gasteiger partial charge in [0.15, 0.2) is 0 Å². The lowest BCUT2D eigenvalue weighted by Gasteiger charge is -2.07. The maximum absolute atomic E-state index is 11.9. The number of halogens is 1. The highest BCUT2D eigenvalue weighted by molar-refractivity contribution is 6.31. The monoisotopic (exact) mass is 276 g/mol. The molecule has 0 atom stereocenters. The third-order valence-corrected chi connectivity index (χ3v) is 2.90. The largest absolute Gasteiger partial charge is 0.457 e. The van der Waals surface area contributed by atoms with Gasteiger partial charge in [-0.25, -0.2) is 4.79 Å². The summed E-state index contributed by atoms with van der Waals surface area (Å²) in [5.74, 6) is -0.487. The summed E-state index contributed by atoms with van der Waals surface area (Å²) in [7, 11) is 0. The van der Waals surface area contributed by atoms with Crippen LogP contribution in [0.2, 0.25) is 5.02 Å². The number of esters is 1. The first kappa shape index (κ1) is 13.2. The molecule has 4 nitrogen and oxygen atoms in total. The Bertz CT molecular complexity index is 594. The highest BCUT2D eigenvalue weighted by Crippen LogP contribution is 2.18. The quantitative estimate of drug-likeness (QED) is 0.667. The summed E-state index contributed by atoms with van der Waals surface area (Å²) >= 11 is 5.97. The van der Waals surface area contributed by atoms with Gasteiger partial charge in [0.05, 0.1) is 5.56 Å². The first-order valence-electron chi connectivity index (χ1n) is 5.63. The van der Waals surface area contributed by atoms with Crippen molar-refractivity contribution >= 4 is 28.9 Å². The normalized spacial score (nSPS) is 10.2. The molecule has 19 heavy (non-hydrogen) atoms. The van der Waals surface area contributed by atoms with Crippen LogP contribution in [0.15, 0.2) is 42.5 Å². The molecule has 2 rings (SSSR count). The first-order chi connectivity index (χ1) is 9.06. The standard InChI is InChI=1S/C14H13ClN2O2/c15-13-4-2-1-3-9(13)8-19-14(18)10-5-11(16)7-12(17)6-10/h1-7H,8,16-17H2. The molecule has 0 heterocycles. The van der Waals surface area contributed by atoms with Gasteiger partial charge in [0.25, 0.3) is 0 Å². The van der Waals surface area contributed by atoms with Gasteiger partial charge in [0.1, 0.15) is 6.61 Å². The molecule has 0 aliphatic rings. The van der Waals surface area contributed by atoms with Gasteiger partial charge in [0, 0.05) is 22.0 Å². The minimum Gasteiger partial charge on any atom is -0.457 e. The van der Waals surface area contributed by atoms with Gasteiger partial charge in [-0.15, -0.1) is 0 Å². The number of benzene rings is 2. The van der Waals surface area contributed by atoms with Crippen LogP contribution in [-0.2, 0) is 11.3 Å². The molecule has 0 aliphatic heterocycles. The average Bonchev–Trinajstić information content (AvgIpc) is 2.36. The van der Waals surface area contributed by atoms with E-state index < -0.39 is 5.97 Å². The summed E-state index contributed by atoms with van der Waals surface area (Å²) in [5, 5.41) is 0.558. The summed E-state index contributed by atoms with van der Waals surface area (Å²) in [4.78, 5) is 11.9. The van der Waals surface area contributed by atoms with Crippen molar-refractivity contribution in [1.29, 1.82) is 0 Å². The molecular formula is C14H13ClN2O2. The first-order valence-corrected chi connectivity index (χ1v) is 6.00. The summed E-state index contributed by atoms with van der Waals surface area (Å²) in [6, 6.07) is 11.8. The molecule has 0 aromatic heterocycles. The summed E-state index contributed by atoms with van der Waals surface area (Å²) < 4.78 is 5.17. The number of nitrogen functional groups attached to an aromatic ring is 2. The Morgan fingerprint density at radius 2 is 1.74 bits per heavy atom. The van der Waals surface area contributed by atoms with Crippen molar-refractivity contribution in [1.82, 2.24) is 0 Å². The van der Waals surface area contributed by atoms with Crippen molar-refractivity contribution < 1.29 is 9.53 Å². The lowest BCUT2D eigenvalue weighted by Crippen LogP contribution is -2.07. The number of nitrogens with two attached hydrogens (primary N) is 2. The third-order valence-electron chi connectivity index (χ3n) is 2.53. The Kier molecular flexibility index (Phi) is 3.92. The molecule has 0 spiro atoms. The fourth-order valence-electron chi connectivity index (χ4n) is 1.64. The van der Waals surface area contributed by atoms with Crippen molar-refractivity contribution in [2.75, 3.05) is 11.5 Å². The number of hydrogen-bond acceptors (Lipinski definition) is 4. The van der Waals surface area contributed by atoms with E-state index in [0.717, 1.165) is 5.56 Å². The summed E-state index contributed by atoms with van der Waals surface area (Å²) in [5.41, 5.74) is 13.1. The van der Waals surface area contributed by atoms with Gasteiger partial charge >= 0.3 is 5.97 Å². The maximum atomic E-state index is 11.9. The SMILES string of the molecule is Nc1cc(N)cc(C(=O)OCc2ccccc2Cl)c1. The van der Waals surface area contributed by atoms with Crippen LogP contribution in [0.5, 0.6) is 0 Å². The molecule has 0 saturated heterocycles. The third kappa shape index (κ3) is 3.39. The molecule has 0 bridgehead atoms. The lowest BCUT2D eigenvalue weighted by atomic mass is 10.2. The van der Waals surface area contributed by atoms with E-state index in [9.17, 15) is 4.79 Å². The van der Waals surface area contributed by atoms with Gasteiger partial charge in [-0.1, -0.05) is 29.8 Å². The van der Waals surface area contributed by atoms with Crippen molar-refractivity contribution in [3.05, 3.63) is 58.6 Å². The molecular weight excluding hydrogens is 264 g/mol. The molecule has 98 valence electrons. The smallest absolute Gasteiger partial charge is 0.338 e. The van der Waals surface area contributed by atoms with Crippen LogP contribution in [-0.4, -0.2) is 5.97 Å².